The first-order valence-electron chi connectivity index (χ1n) is 7.16. The van der Waals surface area contributed by atoms with E-state index in [1.807, 2.05) is 31.2 Å². The predicted molar refractivity (Wildman–Crippen MR) is 84.7 cm³/mol. The van der Waals surface area contributed by atoms with Crippen molar-refractivity contribution in [3.63, 3.8) is 0 Å². The fourth-order valence-electron chi connectivity index (χ4n) is 2.09. The summed E-state index contributed by atoms with van der Waals surface area (Å²) in [5.41, 5.74) is 2.12. The van der Waals surface area contributed by atoms with Crippen LogP contribution in [0.2, 0.25) is 0 Å². The van der Waals surface area contributed by atoms with Gasteiger partial charge in [0.2, 0.25) is 5.95 Å². The summed E-state index contributed by atoms with van der Waals surface area (Å²) in [5.74, 6) is 1.64. The van der Waals surface area contributed by atoms with E-state index in [1.165, 1.54) is 0 Å². The number of para-hydroxylation sites is 1. The number of benzene rings is 1. The molecule has 1 N–H and O–H groups in total. The van der Waals surface area contributed by atoms with Crippen molar-refractivity contribution in [3.05, 3.63) is 42.1 Å². The minimum absolute atomic E-state index is 0.705. The Morgan fingerprint density at radius 3 is 2.50 bits per heavy atom. The summed E-state index contributed by atoms with van der Waals surface area (Å²) in [6, 6.07) is 12.3. The van der Waals surface area contributed by atoms with Gasteiger partial charge in [0.05, 0.1) is 0 Å². The molecule has 0 bridgehead atoms. The highest BCUT2D eigenvalue weighted by molar-refractivity contribution is 5.60. The smallest absolute Gasteiger partial charge is 0.224 e. The fourth-order valence-corrected chi connectivity index (χ4v) is 2.09. The van der Waals surface area contributed by atoms with Crippen molar-refractivity contribution in [2.45, 2.75) is 27.2 Å². The quantitative estimate of drug-likeness (QED) is 0.867. The van der Waals surface area contributed by atoms with Gasteiger partial charge in [-0.2, -0.15) is 4.98 Å². The summed E-state index contributed by atoms with van der Waals surface area (Å²) in [6.45, 7) is 8.02. The molecule has 1 aromatic heterocycles. The van der Waals surface area contributed by atoms with Crippen molar-refractivity contribution in [1.82, 2.24) is 9.97 Å². The molecule has 0 aliphatic heterocycles. The Balaban J connectivity index is 2.32. The van der Waals surface area contributed by atoms with Crippen LogP contribution in [0.25, 0.3) is 0 Å². The van der Waals surface area contributed by atoms with Crippen LogP contribution < -0.4 is 10.2 Å². The summed E-state index contributed by atoms with van der Waals surface area (Å²) in [4.78, 5) is 11.2. The van der Waals surface area contributed by atoms with Gasteiger partial charge >= 0.3 is 0 Å². The lowest BCUT2D eigenvalue weighted by Crippen LogP contribution is -2.18. The zero-order chi connectivity index (χ0) is 14.4. The fraction of sp³-hybridized carbons (Fsp3) is 0.375. The number of nitrogens with zero attached hydrogens (tertiary/aromatic N) is 3. The molecule has 0 aliphatic carbocycles. The molecule has 0 spiro atoms. The van der Waals surface area contributed by atoms with Crippen LogP contribution in [-0.2, 0) is 0 Å². The second-order valence-electron chi connectivity index (χ2n) is 4.70. The van der Waals surface area contributed by atoms with Crippen LogP contribution in [0.5, 0.6) is 0 Å². The van der Waals surface area contributed by atoms with Gasteiger partial charge in [-0.25, -0.2) is 4.98 Å². The number of hydrogen-bond donors (Lipinski definition) is 1. The van der Waals surface area contributed by atoms with Crippen LogP contribution in [0.4, 0.5) is 17.5 Å². The van der Waals surface area contributed by atoms with Gasteiger partial charge in [0, 0.05) is 30.5 Å². The zero-order valence-corrected chi connectivity index (χ0v) is 12.4. The number of aryl methyl sites for hydroxylation is 1. The molecule has 106 valence electrons. The normalized spacial score (nSPS) is 10.3. The van der Waals surface area contributed by atoms with E-state index in [0.29, 0.717) is 5.95 Å². The molecule has 0 saturated carbocycles. The monoisotopic (exact) mass is 270 g/mol. The minimum Gasteiger partial charge on any atom is -0.354 e. The number of aromatic nitrogens is 2. The number of anilines is 3. The first-order valence-corrected chi connectivity index (χ1v) is 7.16. The van der Waals surface area contributed by atoms with Crippen molar-refractivity contribution < 1.29 is 0 Å². The predicted octanol–water partition coefficient (Wildman–Crippen LogP) is 3.76. The molecule has 0 saturated heterocycles. The average molecular weight is 270 g/mol. The van der Waals surface area contributed by atoms with Crippen LogP contribution >= 0.6 is 0 Å². The lowest BCUT2D eigenvalue weighted by molar-refractivity contribution is 0.927. The van der Waals surface area contributed by atoms with E-state index in [0.717, 1.165) is 36.7 Å². The number of nitrogens with one attached hydrogen (secondary N) is 1. The van der Waals surface area contributed by atoms with Gasteiger partial charge in [-0.15, -0.1) is 0 Å². The molecule has 0 unspecified atom stereocenters. The molecule has 0 radical (unpaired) electrons. The third kappa shape index (κ3) is 3.47. The van der Waals surface area contributed by atoms with E-state index in [9.17, 15) is 0 Å². The summed E-state index contributed by atoms with van der Waals surface area (Å²) >= 11 is 0. The second kappa shape index (κ2) is 6.89. The highest BCUT2D eigenvalue weighted by Gasteiger charge is 2.10. The molecule has 2 rings (SSSR count). The zero-order valence-electron chi connectivity index (χ0n) is 12.4. The van der Waals surface area contributed by atoms with Crippen molar-refractivity contribution >= 4 is 17.5 Å². The number of rotatable bonds is 6. The largest absolute Gasteiger partial charge is 0.354 e. The standard InChI is InChI=1S/C16H22N4/c1-4-11-17-16-18-13(3)12-15(19-16)20(5-2)14-9-7-6-8-10-14/h6-10,12H,4-5,11H2,1-3H3,(H,17,18,19). The van der Waals surface area contributed by atoms with Crippen molar-refractivity contribution in [2.24, 2.45) is 0 Å². The third-order valence-electron chi connectivity index (χ3n) is 3.03. The van der Waals surface area contributed by atoms with Crippen LogP contribution in [-0.4, -0.2) is 23.1 Å². The van der Waals surface area contributed by atoms with Crippen LogP contribution in [0.15, 0.2) is 36.4 Å². The maximum atomic E-state index is 4.62. The van der Waals surface area contributed by atoms with Gasteiger partial charge in [0.1, 0.15) is 5.82 Å². The molecule has 1 aromatic carbocycles. The maximum Gasteiger partial charge on any atom is 0.224 e. The van der Waals surface area contributed by atoms with Gasteiger partial charge in [-0.1, -0.05) is 25.1 Å². The molecule has 0 aliphatic rings. The first kappa shape index (κ1) is 14.3. The Kier molecular flexibility index (Phi) is 4.93. The first-order chi connectivity index (χ1) is 9.74. The van der Waals surface area contributed by atoms with Crippen molar-refractivity contribution in [1.29, 1.82) is 0 Å². The van der Waals surface area contributed by atoms with E-state index in [2.05, 4.69) is 46.2 Å². The van der Waals surface area contributed by atoms with E-state index >= 15 is 0 Å². The van der Waals surface area contributed by atoms with Crippen LogP contribution in [0.3, 0.4) is 0 Å². The van der Waals surface area contributed by atoms with Gasteiger partial charge in [-0.05, 0) is 32.4 Å². The Labute approximate surface area is 120 Å². The highest BCUT2D eigenvalue weighted by Crippen LogP contribution is 2.24. The Morgan fingerprint density at radius 1 is 1.10 bits per heavy atom. The summed E-state index contributed by atoms with van der Waals surface area (Å²) < 4.78 is 0. The minimum atomic E-state index is 0.705. The maximum absolute atomic E-state index is 4.62. The topological polar surface area (TPSA) is 41.1 Å². The summed E-state index contributed by atoms with van der Waals surface area (Å²) in [5, 5.41) is 3.26. The molecular formula is C16H22N4. The summed E-state index contributed by atoms with van der Waals surface area (Å²) in [6.07, 6.45) is 1.06. The second-order valence-corrected chi connectivity index (χ2v) is 4.70. The van der Waals surface area contributed by atoms with Gasteiger partial charge in [0.25, 0.3) is 0 Å². The Morgan fingerprint density at radius 2 is 1.85 bits per heavy atom. The molecule has 0 amide bonds. The number of hydrogen-bond acceptors (Lipinski definition) is 4. The van der Waals surface area contributed by atoms with Gasteiger partial charge in [0.15, 0.2) is 0 Å². The Bertz CT molecular complexity index is 539. The highest BCUT2D eigenvalue weighted by atomic mass is 15.2. The van der Waals surface area contributed by atoms with E-state index in [4.69, 9.17) is 0 Å². The van der Waals surface area contributed by atoms with E-state index < -0.39 is 0 Å². The molecule has 0 atom stereocenters. The molecular weight excluding hydrogens is 248 g/mol. The summed E-state index contributed by atoms with van der Waals surface area (Å²) in [7, 11) is 0. The Hall–Kier alpha value is -2.10. The lowest BCUT2D eigenvalue weighted by atomic mass is 10.2. The average Bonchev–Trinajstić information content (AvgIpc) is 2.46. The third-order valence-corrected chi connectivity index (χ3v) is 3.03. The van der Waals surface area contributed by atoms with Gasteiger partial charge < -0.3 is 10.2 Å². The van der Waals surface area contributed by atoms with Crippen molar-refractivity contribution in [3.8, 4) is 0 Å². The molecule has 4 heteroatoms. The van der Waals surface area contributed by atoms with Gasteiger partial charge in [-0.3, -0.25) is 0 Å². The molecule has 4 nitrogen and oxygen atoms in total. The van der Waals surface area contributed by atoms with Crippen molar-refractivity contribution in [2.75, 3.05) is 23.3 Å². The SMILES string of the molecule is CCCNc1nc(C)cc(N(CC)c2ccccc2)n1. The molecule has 0 fully saturated rings. The lowest BCUT2D eigenvalue weighted by Gasteiger charge is -2.22. The molecule has 2 aromatic rings. The van der Waals surface area contributed by atoms with E-state index in [-0.39, 0.29) is 0 Å². The molecule has 1 heterocycles. The van der Waals surface area contributed by atoms with E-state index in [1.54, 1.807) is 0 Å². The van der Waals surface area contributed by atoms with Crippen LogP contribution in [0.1, 0.15) is 26.0 Å². The van der Waals surface area contributed by atoms with Crippen LogP contribution in [0, 0.1) is 6.92 Å². The molecule has 20 heavy (non-hydrogen) atoms.